The SMILES string of the molecule is Cn1cc(C2(C(F)(F)F)CC(c3ccc(Cl)c(C(=O)NCC(O)NCC(F)(F)F)c3)=NO2)c(C(F)(F)F)n1. The van der Waals surface area contributed by atoms with E-state index in [1.807, 2.05) is 0 Å². The van der Waals surface area contributed by atoms with Gasteiger partial charge in [0.05, 0.1) is 41.4 Å². The van der Waals surface area contributed by atoms with Crippen LogP contribution in [-0.4, -0.2) is 58.2 Å². The van der Waals surface area contributed by atoms with Gasteiger partial charge in [0.2, 0.25) is 0 Å². The van der Waals surface area contributed by atoms with E-state index in [9.17, 15) is 49.4 Å². The molecular weight excluding hydrogens is 565 g/mol. The van der Waals surface area contributed by atoms with Gasteiger partial charge in [-0.2, -0.15) is 44.6 Å². The third-order valence-corrected chi connectivity index (χ3v) is 5.59. The molecule has 3 rings (SSSR count). The first-order chi connectivity index (χ1) is 17.3. The van der Waals surface area contributed by atoms with Gasteiger partial charge in [0.25, 0.3) is 11.5 Å². The Morgan fingerprint density at radius 3 is 2.45 bits per heavy atom. The monoisotopic (exact) mass is 581 g/mol. The average molecular weight is 582 g/mol. The fourth-order valence-corrected chi connectivity index (χ4v) is 3.70. The molecule has 8 nitrogen and oxygen atoms in total. The predicted octanol–water partition coefficient (Wildman–Crippen LogP) is 3.87. The van der Waals surface area contributed by atoms with Gasteiger partial charge in [-0.25, -0.2) is 0 Å². The van der Waals surface area contributed by atoms with Gasteiger partial charge in [-0.3, -0.25) is 14.8 Å². The summed E-state index contributed by atoms with van der Waals surface area (Å²) < 4.78 is 120. The zero-order valence-electron chi connectivity index (χ0n) is 18.9. The van der Waals surface area contributed by atoms with Crippen LogP contribution < -0.4 is 10.6 Å². The Bertz CT molecular complexity index is 1230. The van der Waals surface area contributed by atoms with Crippen molar-refractivity contribution in [2.24, 2.45) is 12.2 Å². The van der Waals surface area contributed by atoms with E-state index < -0.39 is 72.7 Å². The highest BCUT2D eigenvalue weighted by Crippen LogP contribution is 2.51. The van der Waals surface area contributed by atoms with Crippen molar-refractivity contribution >= 4 is 23.2 Å². The number of hydrogen-bond donors (Lipinski definition) is 3. The number of aliphatic hydroxyl groups excluding tert-OH is 1. The van der Waals surface area contributed by atoms with Crippen LogP contribution >= 0.6 is 11.6 Å². The molecule has 1 aromatic heterocycles. The molecule has 1 aliphatic rings. The highest BCUT2D eigenvalue weighted by molar-refractivity contribution is 6.34. The fourth-order valence-electron chi connectivity index (χ4n) is 3.50. The summed E-state index contributed by atoms with van der Waals surface area (Å²) in [6.07, 6.45) is -17.7. The number of halogens is 10. The van der Waals surface area contributed by atoms with Crippen LogP contribution in [-0.2, 0) is 23.7 Å². The van der Waals surface area contributed by atoms with E-state index in [1.165, 1.54) is 0 Å². The summed E-state index contributed by atoms with van der Waals surface area (Å²) in [6, 6.07) is 3.20. The number of aliphatic hydroxyl groups is 1. The summed E-state index contributed by atoms with van der Waals surface area (Å²) in [4.78, 5) is 17.1. The molecule has 210 valence electrons. The Kier molecular flexibility index (Phi) is 7.96. The van der Waals surface area contributed by atoms with E-state index >= 15 is 0 Å². The van der Waals surface area contributed by atoms with Crippen molar-refractivity contribution in [3.63, 3.8) is 0 Å². The lowest BCUT2D eigenvalue weighted by Crippen LogP contribution is -2.44. The van der Waals surface area contributed by atoms with Crippen LogP contribution in [0, 0.1) is 0 Å². The van der Waals surface area contributed by atoms with Crippen LogP contribution in [0.1, 0.15) is 33.6 Å². The molecule has 2 heterocycles. The van der Waals surface area contributed by atoms with Gasteiger partial charge in [-0.15, -0.1) is 0 Å². The van der Waals surface area contributed by atoms with Gasteiger partial charge in [0.1, 0.15) is 6.23 Å². The van der Waals surface area contributed by atoms with Crippen molar-refractivity contribution in [3.8, 4) is 0 Å². The van der Waals surface area contributed by atoms with E-state index in [1.54, 1.807) is 5.32 Å². The molecule has 2 aromatic rings. The summed E-state index contributed by atoms with van der Waals surface area (Å²) in [5, 5.41) is 19.6. The molecule has 1 aliphatic heterocycles. The van der Waals surface area contributed by atoms with Gasteiger partial charge >= 0.3 is 18.5 Å². The minimum Gasteiger partial charge on any atom is -0.377 e. The Morgan fingerprint density at radius 1 is 1.21 bits per heavy atom. The number of aromatic nitrogens is 2. The number of aryl methyl sites for hydroxylation is 1. The lowest BCUT2D eigenvalue weighted by atomic mass is 9.86. The molecule has 1 aromatic carbocycles. The molecule has 3 N–H and O–H groups in total. The predicted molar refractivity (Wildman–Crippen MR) is 112 cm³/mol. The first kappa shape index (κ1) is 29.5. The number of nitrogens with zero attached hydrogens (tertiary/aromatic N) is 3. The Labute approximate surface area is 212 Å². The van der Waals surface area contributed by atoms with Crippen molar-refractivity contribution in [2.75, 3.05) is 13.1 Å². The van der Waals surface area contributed by atoms with Gasteiger partial charge in [-0.1, -0.05) is 22.8 Å². The van der Waals surface area contributed by atoms with Crippen LogP contribution in [0.15, 0.2) is 29.6 Å². The van der Waals surface area contributed by atoms with E-state index in [-0.39, 0.29) is 16.1 Å². The summed E-state index contributed by atoms with van der Waals surface area (Å²) in [7, 11) is 0.999. The van der Waals surface area contributed by atoms with Gasteiger partial charge in [-0.05, 0) is 12.1 Å². The molecule has 0 aliphatic carbocycles. The van der Waals surface area contributed by atoms with Crippen LogP contribution in [0.25, 0.3) is 0 Å². The fraction of sp³-hybridized carbons (Fsp3) is 0.450. The largest absolute Gasteiger partial charge is 0.435 e. The molecule has 0 saturated carbocycles. The molecule has 18 heteroatoms. The van der Waals surface area contributed by atoms with Gasteiger partial charge < -0.3 is 15.3 Å². The molecule has 0 spiro atoms. The number of benzene rings is 1. The second-order valence-corrected chi connectivity index (χ2v) is 8.52. The second kappa shape index (κ2) is 10.3. The zero-order valence-corrected chi connectivity index (χ0v) is 19.6. The van der Waals surface area contributed by atoms with E-state index in [2.05, 4.69) is 20.4 Å². The Balaban J connectivity index is 1.85. The van der Waals surface area contributed by atoms with Crippen molar-refractivity contribution in [1.82, 2.24) is 20.4 Å². The third-order valence-electron chi connectivity index (χ3n) is 5.26. The first-order valence-electron chi connectivity index (χ1n) is 10.3. The molecule has 2 unspecified atom stereocenters. The van der Waals surface area contributed by atoms with Gasteiger partial charge in [0, 0.05) is 18.8 Å². The standard InChI is InChI=1S/C20H17ClF9N5O3/c1-35-7-11(15(33-35)19(25,26)27)17(20(28,29)30)5-13(34-38-17)9-2-3-12(21)10(4-9)16(37)31-6-14(36)32-8-18(22,23)24/h2-4,7,14,32,36H,5-6,8H2,1H3,(H,31,37). The van der Waals surface area contributed by atoms with E-state index in [4.69, 9.17) is 11.6 Å². The van der Waals surface area contributed by atoms with Gasteiger partial charge in [0.15, 0.2) is 5.69 Å². The quantitative estimate of drug-likeness (QED) is 0.341. The Morgan fingerprint density at radius 2 is 1.87 bits per heavy atom. The molecule has 0 bridgehead atoms. The lowest BCUT2D eigenvalue weighted by Gasteiger charge is -2.29. The van der Waals surface area contributed by atoms with Crippen molar-refractivity contribution in [3.05, 3.63) is 51.8 Å². The lowest BCUT2D eigenvalue weighted by molar-refractivity contribution is -0.277. The van der Waals surface area contributed by atoms with Crippen molar-refractivity contribution in [2.45, 2.75) is 36.8 Å². The smallest absolute Gasteiger partial charge is 0.377 e. The molecular formula is C20H17ClF9N5O3. The highest BCUT2D eigenvalue weighted by Gasteiger charge is 2.65. The summed E-state index contributed by atoms with van der Waals surface area (Å²) >= 11 is 5.96. The number of oxime groups is 1. The number of rotatable bonds is 7. The molecule has 0 fully saturated rings. The van der Waals surface area contributed by atoms with Crippen LogP contribution in [0.5, 0.6) is 0 Å². The highest BCUT2D eigenvalue weighted by atomic mass is 35.5. The molecule has 1 amide bonds. The van der Waals surface area contributed by atoms with Crippen LogP contribution in [0.4, 0.5) is 39.5 Å². The molecule has 0 radical (unpaired) electrons. The molecule has 38 heavy (non-hydrogen) atoms. The second-order valence-electron chi connectivity index (χ2n) is 8.11. The Hall–Kier alpha value is -3.05. The summed E-state index contributed by atoms with van der Waals surface area (Å²) in [6.45, 7) is -2.24. The molecule has 0 saturated heterocycles. The maximum absolute atomic E-state index is 14.2. The topological polar surface area (TPSA) is 101 Å². The van der Waals surface area contributed by atoms with Crippen molar-refractivity contribution < 1.29 is 54.3 Å². The minimum absolute atomic E-state index is 0.168. The maximum Gasteiger partial charge on any atom is 0.435 e. The minimum atomic E-state index is -5.38. The molecule has 2 atom stereocenters. The number of carbonyl (C=O) groups is 1. The van der Waals surface area contributed by atoms with E-state index in [0.29, 0.717) is 10.9 Å². The summed E-state index contributed by atoms with van der Waals surface area (Å²) in [5.41, 5.74) is -7.68. The third kappa shape index (κ3) is 6.32. The first-order valence-corrected chi connectivity index (χ1v) is 10.7. The van der Waals surface area contributed by atoms with E-state index in [0.717, 1.165) is 25.2 Å². The number of nitrogens with one attached hydrogen (secondary N) is 2. The zero-order chi connectivity index (χ0) is 28.7. The number of alkyl halides is 9. The van der Waals surface area contributed by atoms with Crippen LogP contribution in [0.3, 0.4) is 0 Å². The normalized spacial score (nSPS) is 19.2. The van der Waals surface area contributed by atoms with Crippen molar-refractivity contribution in [1.29, 1.82) is 0 Å². The number of hydrogen-bond acceptors (Lipinski definition) is 6. The average Bonchev–Trinajstić information content (AvgIpc) is 3.40. The maximum atomic E-state index is 14.2. The summed E-state index contributed by atoms with van der Waals surface area (Å²) in [5.74, 6) is -1.02. The number of carbonyl (C=O) groups excluding carboxylic acids is 1. The van der Waals surface area contributed by atoms with Crippen LogP contribution in [0.2, 0.25) is 5.02 Å². The number of amides is 1.